The third-order valence-corrected chi connectivity index (χ3v) is 5.00. The summed E-state index contributed by atoms with van der Waals surface area (Å²) >= 11 is 0. The number of rotatable bonds is 5. The highest BCUT2D eigenvalue weighted by molar-refractivity contribution is 5.78. The van der Waals surface area contributed by atoms with Crippen molar-refractivity contribution in [3.63, 3.8) is 0 Å². The van der Waals surface area contributed by atoms with Crippen molar-refractivity contribution < 1.29 is 14.3 Å². The van der Waals surface area contributed by atoms with Crippen LogP contribution in [0.2, 0.25) is 0 Å². The van der Waals surface area contributed by atoms with Gasteiger partial charge in [-0.3, -0.25) is 14.7 Å². The zero-order chi connectivity index (χ0) is 16.8. The molecule has 24 heavy (non-hydrogen) atoms. The molecule has 1 aromatic rings. The van der Waals surface area contributed by atoms with E-state index in [1.807, 2.05) is 17.0 Å². The zero-order valence-corrected chi connectivity index (χ0v) is 14.4. The summed E-state index contributed by atoms with van der Waals surface area (Å²) in [5, 5.41) is 0. The smallest absolute Gasteiger partial charge is 0.227 e. The maximum Gasteiger partial charge on any atom is 0.227 e. The van der Waals surface area contributed by atoms with E-state index in [4.69, 9.17) is 9.47 Å². The first-order valence-electron chi connectivity index (χ1n) is 8.79. The number of aromatic nitrogens is 1. The quantitative estimate of drug-likeness (QED) is 0.803. The monoisotopic (exact) mass is 333 g/mol. The molecule has 2 saturated heterocycles. The minimum atomic E-state index is 0.185. The summed E-state index contributed by atoms with van der Waals surface area (Å²) in [5.74, 6) is 0.185. The van der Waals surface area contributed by atoms with Crippen molar-refractivity contribution >= 4 is 5.91 Å². The standard InChI is InChI=1S/C18H27N3O3/c1-23-11-9-20-10-12-24-17-5-8-21(7-4-16(17)20)18(22)13-15-3-2-6-19-14-15/h2-3,6,14,16-17H,4-5,7-13H2,1H3/t16-,17+/m1/s1. The lowest BCUT2D eigenvalue weighted by atomic mass is 10.0. The zero-order valence-electron chi connectivity index (χ0n) is 14.4. The van der Waals surface area contributed by atoms with Crippen molar-refractivity contribution in [1.82, 2.24) is 14.8 Å². The highest BCUT2D eigenvalue weighted by atomic mass is 16.5. The van der Waals surface area contributed by atoms with Crippen LogP contribution >= 0.6 is 0 Å². The van der Waals surface area contributed by atoms with Crippen LogP contribution in [-0.2, 0) is 20.7 Å². The summed E-state index contributed by atoms with van der Waals surface area (Å²) in [7, 11) is 1.74. The van der Waals surface area contributed by atoms with E-state index < -0.39 is 0 Å². The number of carbonyl (C=O) groups excluding carboxylic acids is 1. The minimum absolute atomic E-state index is 0.185. The Kier molecular flexibility index (Phi) is 6.18. The highest BCUT2D eigenvalue weighted by Crippen LogP contribution is 2.24. The molecule has 0 unspecified atom stereocenters. The van der Waals surface area contributed by atoms with Crippen molar-refractivity contribution in [1.29, 1.82) is 0 Å². The van der Waals surface area contributed by atoms with Gasteiger partial charge in [0.25, 0.3) is 0 Å². The van der Waals surface area contributed by atoms with Gasteiger partial charge in [-0.05, 0) is 24.5 Å². The maximum atomic E-state index is 12.6. The molecule has 2 atom stereocenters. The van der Waals surface area contributed by atoms with E-state index in [1.54, 1.807) is 19.5 Å². The van der Waals surface area contributed by atoms with Gasteiger partial charge >= 0.3 is 0 Å². The Labute approximate surface area is 143 Å². The first kappa shape index (κ1) is 17.3. The van der Waals surface area contributed by atoms with Gasteiger partial charge in [-0.2, -0.15) is 0 Å². The molecule has 1 amide bonds. The Morgan fingerprint density at radius 1 is 1.38 bits per heavy atom. The number of fused-ring (bicyclic) bond motifs is 1. The molecule has 132 valence electrons. The van der Waals surface area contributed by atoms with Crippen molar-refractivity contribution in [2.45, 2.75) is 31.4 Å². The lowest BCUT2D eigenvalue weighted by Crippen LogP contribution is -2.52. The van der Waals surface area contributed by atoms with Crippen LogP contribution in [0.3, 0.4) is 0 Å². The van der Waals surface area contributed by atoms with E-state index in [0.29, 0.717) is 12.5 Å². The lowest BCUT2D eigenvalue weighted by molar-refractivity contribution is -0.130. The maximum absolute atomic E-state index is 12.6. The summed E-state index contributed by atoms with van der Waals surface area (Å²) in [6.07, 6.45) is 6.03. The third kappa shape index (κ3) is 4.32. The first-order chi connectivity index (χ1) is 11.8. The number of methoxy groups -OCH3 is 1. The Morgan fingerprint density at radius 3 is 3.04 bits per heavy atom. The predicted molar refractivity (Wildman–Crippen MR) is 90.7 cm³/mol. The molecule has 2 aliphatic heterocycles. The van der Waals surface area contributed by atoms with E-state index in [2.05, 4.69) is 9.88 Å². The molecule has 3 rings (SSSR count). The number of pyridine rings is 1. The normalized spacial score (nSPS) is 25.1. The van der Waals surface area contributed by atoms with E-state index >= 15 is 0 Å². The van der Waals surface area contributed by atoms with Crippen LogP contribution in [0.5, 0.6) is 0 Å². The Morgan fingerprint density at radius 2 is 2.25 bits per heavy atom. The average molecular weight is 333 g/mol. The number of morpholine rings is 1. The van der Waals surface area contributed by atoms with Gasteiger partial charge in [0.15, 0.2) is 0 Å². The van der Waals surface area contributed by atoms with Gasteiger partial charge in [0.1, 0.15) is 0 Å². The fourth-order valence-electron chi connectivity index (χ4n) is 3.69. The van der Waals surface area contributed by atoms with Gasteiger partial charge in [0.05, 0.1) is 25.7 Å². The largest absolute Gasteiger partial charge is 0.383 e. The van der Waals surface area contributed by atoms with Gasteiger partial charge in [-0.1, -0.05) is 6.07 Å². The SMILES string of the molecule is COCCN1CCO[C@H]2CCN(C(=O)Cc3cccnc3)CC[C@H]21. The number of nitrogens with zero attached hydrogens (tertiary/aromatic N) is 3. The molecular weight excluding hydrogens is 306 g/mol. The molecule has 0 bridgehead atoms. The number of amides is 1. The van der Waals surface area contributed by atoms with E-state index in [0.717, 1.165) is 57.8 Å². The van der Waals surface area contributed by atoms with Crippen molar-refractivity contribution in [3.8, 4) is 0 Å². The molecule has 0 aliphatic carbocycles. The fourth-order valence-corrected chi connectivity index (χ4v) is 3.69. The number of hydrogen-bond donors (Lipinski definition) is 0. The van der Waals surface area contributed by atoms with Crippen LogP contribution in [0, 0.1) is 0 Å². The lowest BCUT2D eigenvalue weighted by Gasteiger charge is -2.40. The summed E-state index contributed by atoms with van der Waals surface area (Å²) in [5.41, 5.74) is 0.974. The van der Waals surface area contributed by atoms with Gasteiger partial charge < -0.3 is 14.4 Å². The topological polar surface area (TPSA) is 54.9 Å². The summed E-state index contributed by atoms with van der Waals surface area (Å²) < 4.78 is 11.2. The average Bonchev–Trinajstić information content (AvgIpc) is 2.84. The van der Waals surface area contributed by atoms with E-state index in [-0.39, 0.29) is 12.0 Å². The number of likely N-dealkylation sites (tertiary alicyclic amines) is 1. The third-order valence-electron chi connectivity index (χ3n) is 5.00. The van der Waals surface area contributed by atoms with Gasteiger partial charge in [-0.25, -0.2) is 0 Å². The molecule has 0 spiro atoms. The fraction of sp³-hybridized carbons (Fsp3) is 0.667. The number of carbonyl (C=O) groups is 1. The second-order valence-electron chi connectivity index (χ2n) is 6.50. The predicted octanol–water partition coefficient (Wildman–Crippen LogP) is 0.962. The van der Waals surface area contributed by atoms with Gasteiger partial charge in [0, 0.05) is 51.7 Å². The molecule has 0 saturated carbocycles. The number of ether oxygens (including phenoxy) is 2. The molecule has 1 aromatic heterocycles. The molecular formula is C18H27N3O3. The first-order valence-corrected chi connectivity index (χ1v) is 8.79. The van der Waals surface area contributed by atoms with Crippen molar-refractivity contribution in [3.05, 3.63) is 30.1 Å². The molecule has 3 heterocycles. The van der Waals surface area contributed by atoms with Crippen LogP contribution in [0.15, 0.2) is 24.5 Å². The van der Waals surface area contributed by atoms with E-state index in [9.17, 15) is 4.79 Å². The second-order valence-corrected chi connectivity index (χ2v) is 6.50. The van der Waals surface area contributed by atoms with Crippen LogP contribution in [0.25, 0.3) is 0 Å². The molecule has 6 heteroatoms. The van der Waals surface area contributed by atoms with Crippen molar-refractivity contribution in [2.75, 3.05) is 46.5 Å². The summed E-state index contributed by atoms with van der Waals surface area (Å²) in [6, 6.07) is 4.23. The Bertz CT molecular complexity index is 526. The van der Waals surface area contributed by atoms with Crippen LogP contribution < -0.4 is 0 Å². The van der Waals surface area contributed by atoms with Crippen LogP contribution in [0.1, 0.15) is 18.4 Å². The highest BCUT2D eigenvalue weighted by Gasteiger charge is 2.35. The molecule has 2 fully saturated rings. The van der Waals surface area contributed by atoms with Crippen molar-refractivity contribution in [2.24, 2.45) is 0 Å². The van der Waals surface area contributed by atoms with Crippen LogP contribution in [0.4, 0.5) is 0 Å². The Hall–Kier alpha value is -1.50. The Balaban J connectivity index is 1.58. The van der Waals surface area contributed by atoms with Crippen LogP contribution in [-0.4, -0.2) is 79.3 Å². The number of hydrogen-bond acceptors (Lipinski definition) is 5. The van der Waals surface area contributed by atoms with Gasteiger partial charge in [0.2, 0.25) is 5.91 Å². The molecule has 2 aliphatic rings. The molecule has 0 aromatic carbocycles. The molecule has 0 N–H and O–H groups in total. The summed E-state index contributed by atoms with van der Waals surface area (Å²) in [6.45, 7) is 4.98. The van der Waals surface area contributed by atoms with E-state index in [1.165, 1.54) is 0 Å². The van der Waals surface area contributed by atoms with Gasteiger partial charge in [-0.15, -0.1) is 0 Å². The second kappa shape index (κ2) is 8.55. The molecule has 0 radical (unpaired) electrons. The minimum Gasteiger partial charge on any atom is -0.383 e. The summed E-state index contributed by atoms with van der Waals surface area (Å²) in [4.78, 5) is 21.1. The molecule has 6 nitrogen and oxygen atoms in total.